The van der Waals surface area contributed by atoms with Crippen molar-refractivity contribution in [3.8, 4) is 0 Å². The smallest absolute Gasteiger partial charge is 0.0319 e. The molecular weight excluding hydrogens is 126 g/mol. The van der Waals surface area contributed by atoms with E-state index in [9.17, 15) is 0 Å². The summed E-state index contributed by atoms with van der Waals surface area (Å²) in [6.07, 6.45) is 3.50. The highest BCUT2D eigenvalue weighted by Gasteiger charge is 1.58. The van der Waals surface area contributed by atoms with Gasteiger partial charge in [0.05, 0.1) is 0 Å². The Kier molecular flexibility index (Phi) is 18.6. The van der Waals surface area contributed by atoms with E-state index in [4.69, 9.17) is 5.11 Å². The van der Waals surface area contributed by atoms with Gasteiger partial charge in [-0.2, -0.15) is 0 Å². The Morgan fingerprint density at radius 1 is 0.900 bits per heavy atom. The van der Waals surface area contributed by atoms with Crippen molar-refractivity contribution >= 4 is 0 Å². The molecule has 2 heteroatoms. The topological polar surface area (TPSA) is 33.1 Å². The molecule has 0 bridgehead atoms. The highest BCUT2D eigenvalue weighted by molar-refractivity contribution is 4.88. The van der Waals surface area contributed by atoms with Crippen LogP contribution in [0.2, 0.25) is 0 Å². The molecule has 1 N–H and O–H groups in total. The number of hydrogen-bond acceptors (Lipinski definition) is 2. The fourth-order valence-corrected chi connectivity index (χ4v) is 0.313. The predicted molar refractivity (Wildman–Crippen MR) is 43.7 cm³/mol. The number of aromatic nitrogens is 1. The zero-order valence-corrected chi connectivity index (χ0v) is 6.78. The molecular formula is C8H15NO. The van der Waals surface area contributed by atoms with Crippen molar-refractivity contribution in [3.05, 3.63) is 30.6 Å². The summed E-state index contributed by atoms with van der Waals surface area (Å²) in [4.78, 5) is 3.78. The van der Waals surface area contributed by atoms with E-state index in [1.807, 2.05) is 32.0 Å². The van der Waals surface area contributed by atoms with Crippen LogP contribution in [0, 0.1) is 0 Å². The van der Waals surface area contributed by atoms with Gasteiger partial charge in [-0.15, -0.1) is 0 Å². The molecule has 0 radical (unpaired) electrons. The van der Waals surface area contributed by atoms with Crippen molar-refractivity contribution in [2.24, 2.45) is 0 Å². The lowest BCUT2D eigenvalue weighted by atomic mass is 10.5. The minimum Gasteiger partial charge on any atom is -0.400 e. The van der Waals surface area contributed by atoms with Gasteiger partial charge in [-0.05, 0) is 12.1 Å². The van der Waals surface area contributed by atoms with Gasteiger partial charge in [0.15, 0.2) is 0 Å². The maximum atomic E-state index is 7.00. The monoisotopic (exact) mass is 141 g/mol. The second-order valence-corrected chi connectivity index (χ2v) is 1.02. The lowest BCUT2D eigenvalue weighted by Gasteiger charge is -1.70. The Morgan fingerprint density at radius 3 is 1.40 bits per heavy atom. The predicted octanol–water partition coefficient (Wildman–Crippen LogP) is 1.72. The van der Waals surface area contributed by atoms with Crippen LogP contribution in [0.25, 0.3) is 0 Å². The van der Waals surface area contributed by atoms with Crippen LogP contribution in [0.1, 0.15) is 13.8 Å². The summed E-state index contributed by atoms with van der Waals surface area (Å²) in [6, 6.07) is 5.72. The minimum absolute atomic E-state index is 1.00. The van der Waals surface area contributed by atoms with Gasteiger partial charge in [0.2, 0.25) is 0 Å². The van der Waals surface area contributed by atoms with Gasteiger partial charge >= 0.3 is 0 Å². The molecule has 1 rings (SSSR count). The third kappa shape index (κ3) is 10.2. The van der Waals surface area contributed by atoms with Crippen LogP contribution < -0.4 is 0 Å². The van der Waals surface area contributed by atoms with E-state index in [0.717, 1.165) is 7.11 Å². The summed E-state index contributed by atoms with van der Waals surface area (Å²) in [5.74, 6) is 0. The summed E-state index contributed by atoms with van der Waals surface area (Å²) < 4.78 is 0. The SMILES string of the molecule is CC.CO.c1ccncc1. The van der Waals surface area contributed by atoms with E-state index in [2.05, 4.69) is 4.98 Å². The van der Waals surface area contributed by atoms with E-state index < -0.39 is 0 Å². The number of aliphatic hydroxyl groups excluding tert-OH is 1. The number of pyridine rings is 1. The van der Waals surface area contributed by atoms with Crippen molar-refractivity contribution in [2.45, 2.75) is 13.8 Å². The molecule has 0 saturated carbocycles. The molecule has 2 nitrogen and oxygen atoms in total. The summed E-state index contributed by atoms with van der Waals surface area (Å²) in [7, 11) is 1.00. The first kappa shape index (κ1) is 11.9. The maximum Gasteiger partial charge on any atom is 0.0319 e. The Labute approximate surface area is 62.6 Å². The molecule has 0 aliphatic carbocycles. The molecule has 1 aromatic rings. The van der Waals surface area contributed by atoms with E-state index in [1.165, 1.54) is 0 Å². The van der Waals surface area contributed by atoms with Crippen molar-refractivity contribution in [1.29, 1.82) is 0 Å². The molecule has 0 aliphatic heterocycles. The highest BCUT2D eigenvalue weighted by Crippen LogP contribution is 1.73. The van der Waals surface area contributed by atoms with Crippen LogP contribution in [-0.4, -0.2) is 17.2 Å². The fourth-order valence-electron chi connectivity index (χ4n) is 0.313. The molecule has 0 aliphatic rings. The highest BCUT2D eigenvalue weighted by atomic mass is 16.2. The first-order valence-corrected chi connectivity index (χ1v) is 3.30. The van der Waals surface area contributed by atoms with Crippen LogP contribution in [0.5, 0.6) is 0 Å². The minimum atomic E-state index is 1.00. The zero-order chi connectivity index (χ0) is 8.24. The molecule has 58 valence electrons. The van der Waals surface area contributed by atoms with E-state index >= 15 is 0 Å². The number of nitrogens with zero attached hydrogens (tertiary/aromatic N) is 1. The van der Waals surface area contributed by atoms with Gasteiger partial charge < -0.3 is 5.11 Å². The van der Waals surface area contributed by atoms with E-state index in [-0.39, 0.29) is 0 Å². The third-order valence-electron chi connectivity index (χ3n) is 0.566. The summed E-state index contributed by atoms with van der Waals surface area (Å²) in [6.45, 7) is 4.00. The first-order valence-electron chi connectivity index (χ1n) is 3.30. The lowest BCUT2D eigenvalue weighted by molar-refractivity contribution is 0.399. The Hall–Kier alpha value is -0.890. The summed E-state index contributed by atoms with van der Waals surface area (Å²) >= 11 is 0. The molecule has 1 heterocycles. The van der Waals surface area contributed by atoms with Gasteiger partial charge in [-0.1, -0.05) is 19.9 Å². The average molecular weight is 141 g/mol. The van der Waals surface area contributed by atoms with Crippen LogP contribution in [0.4, 0.5) is 0 Å². The summed E-state index contributed by atoms with van der Waals surface area (Å²) in [5, 5.41) is 7.00. The quantitative estimate of drug-likeness (QED) is 0.596. The third-order valence-corrected chi connectivity index (χ3v) is 0.566. The molecule has 0 fully saturated rings. The van der Waals surface area contributed by atoms with Crippen LogP contribution in [0.3, 0.4) is 0 Å². The maximum absolute atomic E-state index is 7.00. The molecule has 10 heavy (non-hydrogen) atoms. The van der Waals surface area contributed by atoms with E-state index in [1.54, 1.807) is 12.4 Å². The van der Waals surface area contributed by atoms with Crippen molar-refractivity contribution < 1.29 is 5.11 Å². The van der Waals surface area contributed by atoms with Gasteiger partial charge in [0, 0.05) is 19.5 Å². The summed E-state index contributed by atoms with van der Waals surface area (Å²) in [5.41, 5.74) is 0. The van der Waals surface area contributed by atoms with Crippen LogP contribution in [0.15, 0.2) is 30.6 Å². The first-order chi connectivity index (χ1) is 5.00. The molecule has 0 unspecified atom stereocenters. The lowest BCUT2D eigenvalue weighted by Crippen LogP contribution is -1.58. The molecule has 0 atom stereocenters. The van der Waals surface area contributed by atoms with Crippen LogP contribution >= 0.6 is 0 Å². The molecule has 0 aromatic carbocycles. The van der Waals surface area contributed by atoms with Crippen molar-refractivity contribution in [3.63, 3.8) is 0 Å². The molecule has 1 aromatic heterocycles. The Bertz CT molecular complexity index is 81.2. The average Bonchev–Trinajstić information content (AvgIpc) is 2.14. The van der Waals surface area contributed by atoms with Gasteiger partial charge in [-0.25, -0.2) is 0 Å². The standard InChI is InChI=1S/C5H5N.C2H6.CH4O/c1-2-4-6-5-3-1;2*1-2/h1-5H;1-2H3;2H,1H3. The van der Waals surface area contributed by atoms with E-state index in [0.29, 0.717) is 0 Å². The van der Waals surface area contributed by atoms with Crippen molar-refractivity contribution in [2.75, 3.05) is 7.11 Å². The van der Waals surface area contributed by atoms with Gasteiger partial charge in [0.1, 0.15) is 0 Å². The van der Waals surface area contributed by atoms with Crippen molar-refractivity contribution in [1.82, 2.24) is 4.98 Å². The Balaban J connectivity index is 0. The second-order valence-electron chi connectivity index (χ2n) is 1.02. The number of aliphatic hydroxyl groups is 1. The number of rotatable bonds is 0. The second kappa shape index (κ2) is 15.7. The van der Waals surface area contributed by atoms with Gasteiger partial charge in [0.25, 0.3) is 0 Å². The number of hydrogen-bond donors (Lipinski definition) is 1. The Morgan fingerprint density at radius 2 is 1.30 bits per heavy atom. The normalized spacial score (nSPS) is 6.00. The van der Waals surface area contributed by atoms with Gasteiger partial charge in [-0.3, -0.25) is 4.98 Å². The van der Waals surface area contributed by atoms with Crippen LogP contribution in [-0.2, 0) is 0 Å². The molecule has 0 spiro atoms. The fraction of sp³-hybridized carbons (Fsp3) is 0.375. The molecule has 0 saturated heterocycles. The largest absolute Gasteiger partial charge is 0.400 e. The zero-order valence-electron chi connectivity index (χ0n) is 6.78. The molecule has 0 amide bonds.